The highest BCUT2D eigenvalue weighted by Crippen LogP contribution is 1.04. The summed E-state index contributed by atoms with van der Waals surface area (Å²) in [6, 6.07) is 0. The van der Waals surface area contributed by atoms with E-state index in [4.69, 9.17) is 5.26 Å². The molecule has 0 N–H and O–H groups in total. The Bertz CT molecular complexity index is 29.5. The molecule has 0 heterocycles. The molecule has 0 saturated heterocycles. The lowest BCUT2D eigenvalue weighted by Gasteiger charge is -1.12. The van der Waals surface area contributed by atoms with E-state index in [1.165, 1.54) is 7.85 Å². The molecule has 0 aromatic rings. The second-order valence-corrected chi connectivity index (χ2v) is 0.224. The van der Waals surface area contributed by atoms with Crippen molar-refractivity contribution in [3.8, 4) is 5.97 Å². The molecule has 0 saturated carbocycles. The van der Waals surface area contributed by atoms with Crippen LogP contribution in [0.5, 0.6) is 0 Å². The lowest BCUT2D eigenvalue weighted by atomic mass is 10.2. The zero-order valence-electron chi connectivity index (χ0n) is 2.36. The zero-order chi connectivity index (χ0) is 2.71. The van der Waals surface area contributed by atoms with E-state index in [9.17, 15) is 0 Å². The van der Waals surface area contributed by atoms with Crippen molar-refractivity contribution in [3.63, 3.8) is 0 Å². The van der Waals surface area contributed by atoms with E-state index in [0.717, 1.165) is 0 Å². The first kappa shape index (κ1) is 8.97. The lowest BCUT2D eigenvalue weighted by Crippen LogP contribution is -1.32. The summed E-state index contributed by atoms with van der Waals surface area (Å²) < 4.78 is 0. The van der Waals surface area contributed by atoms with E-state index in [1.807, 2.05) is 0 Å². The van der Waals surface area contributed by atoms with Gasteiger partial charge in [-0.05, 0) is 5.97 Å². The number of hydrogen-bond donors (Lipinski definition) is 0. The highest BCUT2D eigenvalue weighted by molar-refractivity contribution is 8.93. The van der Waals surface area contributed by atoms with Crippen LogP contribution in [0, 0.1) is 11.2 Å². The monoisotopic (exact) mass is 119 g/mol. The van der Waals surface area contributed by atoms with Crippen LogP contribution < -0.4 is 0 Å². The Kier molecular flexibility index (Phi) is 26.3. The third kappa shape index (κ3) is 1790. The molecular formula is CH3BBrN. The Morgan fingerprint density at radius 2 is 1.75 bits per heavy atom. The van der Waals surface area contributed by atoms with Gasteiger partial charge in [-0.1, -0.05) is 0 Å². The molecule has 0 aliphatic carbocycles. The fourth-order valence-corrected chi connectivity index (χ4v) is 0. The maximum absolute atomic E-state index is 7.32. The first-order valence-electron chi connectivity index (χ1n) is 0.724. The van der Waals surface area contributed by atoms with Gasteiger partial charge in [-0.2, -0.15) is 0 Å². The Balaban J connectivity index is 0. The minimum Gasteiger partial charge on any atom is -0.213 e. The molecule has 0 aliphatic rings. The summed E-state index contributed by atoms with van der Waals surface area (Å²) in [4.78, 5) is 0. The van der Waals surface area contributed by atoms with Gasteiger partial charge in [0.25, 0.3) is 0 Å². The lowest BCUT2D eigenvalue weighted by molar-refractivity contribution is 1.57. The Morgan fingerprint density at radius 3 is 1.75 bits per heavy atom. The number of hydrogen-bond acceptors (Lipinski definition) is 1. The van der Waals surface area contributed by atoms with E-state index in [-0.39, 0.29) is 17.0 Å². The molecule has 0 unspecified atom stereocenters. The van der Waals surface area contributed by atoms with Gasteiger partial charge in [-0.25, -0.2) is 5.26 Å². The normalized spacial score (nSPS) is 1.75. The summed E-state index contributed by atoms with van der Waals surface area (Å²) in [5, 5.41) is 7.32. The summed E-state index contributed by atoms with van der Waals surface area (Å²) in [6.45, 7) is 0. The fourth-order valence-electron chi connectivity index (χ4n) is 0. The van der Waals surface area contributed by atoms with Gasteiger partial charge in [0.15, 0.2) is 0 Å². The summed E-state index contributed by atoms with van der Waals surface area (Å²) in [5.74, 6) is 1.75. The van der Waals surface area contributed by atoms with Gasteiger partial charge < -0.3 is 0 Å². The highest BCUT2D eigenvalue weighted by atomic mass is 79.9. The van der Waals surface area contributed by atoms with Crippen molar-refractivity contribution in [2.45, 2.75) is 0 Å². The number of rotatable bonds is 0. The number of halogens is 1. The van der Waals surface area contributed by atoms with Gasteiger partial charge in [-0.15, -0.1) is 17.0 Å². The van der Waals surface area contributed by atoms with Gasteiger partial charge in [0.05, 0.1) is 0 Å². The van der Waals surface area contributed by atoms with E-state index in [2.05, 4.69) is 0 Å². The molecule has 0 rings (SSSR count). The molecule has 4 heavy (non-hydrogen) atoms. The number of nitriles is 1. The fraction of sp³-hybridized carbons (Fsp3) is 0. The SMILES string of the molecule is BC#N.Br. The first-order valence-corrected chi connectivity index (χ1v) is 0.724. The van der Waals surface area contributed by atoms with Crippen LogP contribution >= 0.6 is 17.0 Å². The minimum absolute atomic E-state index is 0. The predicted molar refractivity (Wildman–Crippen MR) is 24.5 cm³/mol. The topological polar surface area (TPSA) is 23.8 Å². The van der Waals surface area contributed by atoms with Crippen LogP contribution in [0.3, 0.4) is 0 Å². The molecule has 0 aromatic heterocycles. The number of nitrogens with zero attached hydrogens (tertiary/aromatic N) is 1. The van der Waals surface area contributed by atoms with Crippen LogP contribution in [-0.4, -0.2) is 7.85 Å². The maximum Gasteiger partial charge on any atom is 0.232 e. The second kappa shape index (κ2) is 11.7. The average molecular weight is 120 g/mol. The van der Waals surface area contributed by atoms with Crippen molar-refractivity contribution in [2.75, 3.05) is 0 Å². The predicted octanol–water partition coefficient (Wildman–Crippen LogP) is -0.322. The molecule has 0 spiro atoms. The first-order chi connectivity index (χ1) is 1.41. The van der Waals surface area contributed by atoms with Crippen molar-refractivity contribution < 1.29 is 0 Å². The van der Waals surface area contributed by atoms with E-state index in [1.54, 1.807) is 5.97 Å². The van der Waals surface area contributed by atoms with Crippen LogP contribution in [0.15, 0.2) is 0 Å². The summed E-state index contributed by atoms with van der Waals surface area (Å²) in [6.07, 6.45) is 0. The molecule has 3 heteroatoms. The average Bonchev–Trinajstić information content (AvgIpc) is 0.918. The molecule has 0 aliphatic heterocycles. The molecular weight excluding hydrogens is 117 g/mol. The summed E-state index contributed by atoms with van der Waals surface area (Å²) in [5.41, 5.74) is 0. The van der Waals surface area contributed by atoms with Crippen LogP contribution in [0.1, 0.15) is 0 Å². The van der Waals surface area contributed by atoms with Gasteiger partial charge in [-0.3, -0.25) is 0 Å². The summed E-state index contributed by atoms with van der Waals surface area (Å²) in [7, 11) is 1.43. The van der Waals surface area contributed by atoms with Crippen molar-refractivity contribution in [1.29, 1.82) is 5.26 Å². The van der Waals surface area contributed by atoms with Gasteiger partial charge >= 0.3 is 0 Å². The highest BCUT2D eigenvalue weighted by Gasteiger charge is 1.23. The Morgan fingerprint density at radius 1 is 1.75 bits per heavy atom. The molecule has 1 nitrogen and oxygen atoms in total. The van der Waals surface area contributed by atoms with Gasteiger partial charge in [0.2, 0.25) is 7.85 Å². The van der Waals surface area contributed by atoms with Crippen LogP contribution in [0.2, 0.25) is 0 Å². The molecule has 0 aromatic carbocycles. The standard InChI is InChI=1S/CH2BN.BrH/c2-1-3;/h2H2;1H. The Hall–Kier alpha value is 0.0349. The van der Waals surface area contributed by atoms with E-state index >= 15 is 0 Å². The van der Waals surface area contributed by atoms with E-state index in [0.29, 0.717) is 0 Å². The summed E-state index contributed by atoms with van der Waals surface area (Å²) >= 11 is 0. The van der Waals surface area contributed by atoms with Crippen molar-refractivity contribution in [1.82, 2.24) is 0 Å². The maximum atomic E-state index is 7.32. The van der Waals surface area contributed by atoms with Crippen molar-refractivity contribution in [2.24, 2.45) is 0 Å². The second-order valence-electron chi connectivity index (χ2n) is 0.224. The molecule has 0 amide bonds. The third-order valence-corrected chi connectivity index (χ3v) is 0. The van der Waals surface area contributed by atoms with Gasteiger partial charge in [0, 0.05) is 0 Å². The zero-order valence-corrected chi connectivity index (χ0v) is 4.07. The van der Waals surface area contributed by atoms with Crippen LogP contribution in [0.4, 0.5) is 0 Å². The largest absolute Gasteiger partial charge is 0.232 e. The van der Waals surface area contributed by atoms with Crippen molar-refractivity contribution >= 4 is 24.8 Å². The molecule has 0 radical (unpaired) electrons. The van der Waals surface area contributed by atoms with Crippen molar-refractivity contribution in [3.05, 3.63) is 0 Å². The molecule has 0 bridgehead atoms. The van der Waals surface area contributed by atoms with Crippen LogP contribution in [0.25, 0.3) is 0 Å². The quantitative estimate of drug-likeness (QED) is 0.401. The van der Waals surface area contributed by atoms with Crippen LogP contribution in [-0.2, 0) is 0 Å². The Labute approximate surface area is 36.8 Å². The molecule has 0 atom stereocenters. The minimum atomic E-state index is 0. The smallest absolute Gasteiger partial charge is 0.213 e. The van der Waals surface area contributed by atoms with Gasteiger partial charge in [0.1, 0.15) is 0 Å². The molecule has 22 valence electrons. The van der Waals surface area contributed by atoms with E-state index < -0.39 is 0 Å². The third-order valence-electron chi connectivity index (χ3n) is 0. The molecule has 0 fully saturated rings.